The Hall–Kier alpha value is -2.01. The summed E-state index contributed by atoms with van der Waals surface area (Å²) in [6.45, 7) is 0. The lowest BCUT2D eigenvalue weighted by atomic mass is 10.0. The molecule has 0 bridgehead atoms. The highest BCUT2D eigenvalue weighted by Gasteiger charge is 2.14. The van der Waals surface area contributed by atoms with Crippen molar-refractivity contribution < 1.29 is 9.47 Å². The van der Waals surface area contributed by atoms with Crippen LogP contribution < -0.4 is 15.2 Å². The first-order valence-corrected chi connectivity index (χ1v) is 5.62. The molecule has 1 unspecified atom stereocenters. The number of benzene rings is 1. The third-order valence-electron chi connectivity index (χ3n) is 2.82. The lowest BCUT2D eigenvalue weighted by Gasteiger charge is -2.13. The van der Waals surface area contributed by atoms with E-state index in [1.54, 1.807) is 18.9 Å². The first-order chi connectivity index (χ1) is 8.65. The van der Waals surface area contributed by atoms with Gasteiger partial charge in [-0.05, 0) is 23.8 Å². The van der Waals surface area contributed by atoms with Crippen molar-refractivity contribution in [3.05, 3.63) is 41.7 Å². The molecule has 0 saturated heterocycles. The van der Waals surface area contributed by atoms with Crippen LogP contribution in [0.4, 0.5) is 0 Å². The molecule has 0 amide bonds. The normalized spacial score (nSPS) is 12.2. The minimum atomic E-state index is -0.272. The molecule has 2 aromatic rings. The van der Waals surface area contributed by atoms with Crippen molar-refractivity contribution in [2.45, 2.75) is 6.04 Å². The zero-order valence-electron chi connectivity index (χ0n) is 10.8. The first-order valence-electron chi connectivity index (χ1n) is 5.62. The zero-order chi connectivity index (χ0) is 13.1. The molecule has 0 aliphatic rings. The van der Waals surface area contributed by atoms with Crippen LogP contribution in [0.3, 0.4) is 0 Å². The molecule has 96 valence electrons. The summed E-state index contributed by atoms with van der Waals surface area (Å²) in [7, 11) is 5.08. The number of aromatic nitrogens is 2. The highest BCUT2D eigenvalue weighted by molar-refractivity contribution is 5.45. The third-order valence-corrected chi connectivity index (χ3v) is 2.82. The second kappa shape index (κ2) is 5.10. The van der Waals surface area contributed by atoms with Crippen molar-refractivity contribution in [2.24, 2.45) is 12.8 Å². The number of rotatable bonds is 4. The third kappa shape index (κ3) is 2.31. The summed E-state index contributed by atoms with van der Waals surface area (Å²) in [5, 5.41) is 4.30. The van der Waals surface area contributed by atoms with Gasteiger partial charge in [-0.2, -0.15) is 5.10 Å². The maximum atomic E-state index is 6.17. The fraction of sp³-hybridized carbons (Fsp3) is 0.308. The van der Waals surface area contributed by atoms with Crippen LogP contribution in [0.2, 0.25) is 0 Å². The average Bonchev–Trinajstić information content (AvgIpc) is 2.83. The Kier molecular flexibility index (Phi) is 3.53. The predicted molar refractivity (Wildman–Crippen MR) is 68.8 cm³/mol. The summed E-state index contributed by atoms with van der Waals surface area (Å²) in [6, 6.07) is 7.27. The molecule has 2 rings (SSSR count). The summed E-state index contributed by atoms with van der Waals surface area (Å²) in [6.07, 6.45) is 1.87. The van der Waals surface area contributed by atoms with Gasteiger partial charge in [0.05, 0.1) is 26.0 Å². The molecule has 0 spiro atoms. The van der Waals surface area contributed by atoms with Crippen molar-refractivity contribution in [1.82, 2.24) is 9.78 Å². The molecule has 5 nitrogen and oxygen atoms in total. The van der Waals surface area contributed by atoms with Crippen molar-refractivity contribution in [3.63, 3.8) is 0 Å². The van der Waals surface area contributed by atoms with Gasteiger partial charge in [-0.25, -0.2) is 0 Å². The van der Waals surface area contributed by atoms with E-state index in [-0.39, 0.29) is 6.04 Å². The van der Waals surface area contributed by atoms with Gasteiger partial charge in [0.2, 0.25) is 0 Å². The van der Waals surface area contributed by atoms with Crippen LogP contribution >= 0.6 is 0 Å². The fourth-order valence-electron chi connectivity index (χ4n) is 1.82. The van der Waals surface area contributed by atoms with E-state index in [9.17, 15) is 0 Å². The second-order valence-electron chi connectivity index (χ2n) is 4.01. The number of nitrogens with two attached hydrogens (primary N) is 1. The maximum absolute atomic E-state index is 6.17. The SMILES string of the molecule is COc1ccc(C(N)c2ccn(C)n2)cc1OC. The minimum absolute atomic E-state index is 0.272. The van der Waals surface area contributed by atoms with Gasteiger partial charge >= 0.3 is 0 Å². The standard InChI is InChI=1S/C13H17N3O2/c1-16-7-6-10(15-16)13(14)9-4-5-11(17-2)12(8-9)18-3/h4-8,13H,14H2,1-3H3. The van der Waals surface area contributed by atoms with Crippen LogP contribution in [0.5, 0.6) is 11.5 Å². The molecule has 1 aromatic heterocycles. The Balaban J connectivity index is 2.33. The molecule has 5 heteroatoms. The Labute approximate surface area is 106 Å². The van der Waals surface area contributed by atoms with Gasteiger partial charge in [-0.1, -0.05) is 6.07 Å². The van der Waals surface area contributed by atoms with E-state index < -0.39 is 0 Å². The Bertz CT molecular complexity index is 537. The number of nitrogens with zero attached hydrogens (tertiary/aromatic N) is 2. The van der Waals surface area contributed by atoms with Crippen molar-refractivity contribution in [3.8, 4) is 11.5 Å². The Morgan fingerprint density at radius 3 is 2.44 bits per heavy atom. The highest BCUT2D eigenvalue weighted by atomic mass is 16.5. The lowest BCUT2D eigenvalue weighted by Crippen LogP contribution is -2.13. The van der Waals surface area contributed by atoms with Crippen molar-refractivity contribution >= 4 is 0 Å². The van der Waals surface area contributed by atoms with Crippen LogP contribution in [0.15, 0.2) is 30.5 Å². The van der Waals surface area contributed by atoms with E-state index in [2.05, 4.69) is 5.10 Å². The van der Waals surface area contributed by atoms with E-state index in [4.69, 9.17) is 15.2 Å². The van der Waals surface area contributed by atoms with E-state index in [0.29, 0.717) is 11.5 Å². The number of hydrogen-bond acceptors (Lipinski definition) is 4. The quantitative estimate of drug-likeness (QED) is 0.889. The van der Waals surface area contributed by atoms with Gasteiger partial charge < -0.3 is 15.2 Å². The summed E-state index contributed by atoms with van der Waals surface area (Å²) in [5.74, 6) is 1.36. The minimum Gasteiger partial charge on any atom is -0.493 e. The molecule has 1 atom stereocenters. The number of aryl methyl sites for hydroxylation is 1. The summed E-state index contributed by atoms with van der Waals surface area (Å²) >= 11 is 0. The Morgan fingerprint density at radius 2 is 1.89 bits per heavy atom. The molecule has 2 N–H and O–H groups in total. The van der Waals surface area contributed by atoms with Gasteiger partial charge in [0.1, 0.15) is 0 Å². The van der Waals surface area contributed by atoms with Crippen LogP contribution in [0.1, 0.15) is 17.3 Å². The molecular weight excluding hydrogens is 230 g/mol. The predicted octanol–water partition coefficient (Wildman–Crippen LogP) is 1.49. The largest absolute Gasteiger partial charge is 0.493 e. The van der Waals surface area contributed by atoms with Gasteiger partial charge in [0.15, 0.2) is 11.5 Å². The topological polar surface area (TPSA) is 62.3 Å². The lowest BCUT2D eigenvalue weighted by molar-refractivity contribution is 0.354. The van der Waals surface area contributed by atoms with E-state index in [1.165, 1.54) is 0 Å². The monoisotopic (exact) mass is 247 g/mol. The van der Waals surface area contributed by atoms with Gasteiger partial charge in [-0.15, -0.1) is 0 Å². The Morgan fingerprint density at radius 1 is 1.17 bits per heavy atom. The van der Waals surface area contributed by atoms with Gasteiger partial charge in [0, 0.05) is 13.2 Å². The molecule has 0 aliphatic heterocycles. The molecule has 18 heavy (non-hydrogen) atoms. The van der Waals surface area contributed by atoms with Gasteiger partial charge in [-0.3, -0.25) is 4.68 Å². The van der Waals surface area contributed by atoms with Crippen LogP contribution in [-0.2, 0) is 7.05 Å². The highest BCUT2D eigenvalue weighted by Crippen LogP contribution is 2.30. The fourth-order valence-corrected chi connectivity index (χ4v) is 1.82. The smallest absolute Gasteiger partial charge is 0.161 e. The number of methoxy groups -OCH3 is 2. The molecule has 0 radical (unpaired) electrons. The summed E-state index contributed by atoms with van der Waals surface area (Å²) in [4.78, 5) is 0. The number of hydrogen-bond donors (Lipinski definition) is 1. The first kappa shape index (κ1) is 12.4. The van der Waals surface area contributed by atoms with Crippen molar-refractivity contribution in [1.29, 1.82) is 0 Å². The molecule has 1 heterocycles. The zero-order valence-corrected chi connectivity index (χ0v) is 10.8. The second-order valence-corrected chi connectivity index (χ2v) is 4.01. The van der Waals surface area contributed by atoms with Gasteiger partial charge in [0.25, 0.3) is 0 Å². The van der Waals surface area contributed by atoms with E-state index >= 15 is 0 Å². The molecule has 0 aliphatic carbocycles. The molecule has 0 fully saturated rings. The van der Waals surface area contributed by atoms with Crippen LogP contribution in [-0.4, -0.2) is 24.0 Å². The van der Waals surface area contributed by atoms with Crippen molar-refractivity contribution in [2.75, 3.05) is 14.2 Å². The molecule has 1 aromatic carbocycles. The van der Waals surface area contributed by atoms with E-state index in [1.807, 2.05) is 37.5 Å². The number of ether oxygens (including phenoxy) is 2. The summed E-state index contributed by atoms with van der Waals surface area (Å²) < 4.78 is 12.2. The summed E-state index contributed by atoms with van der Waals surface area (Å²) in [5.41, 5.74) is 7.93. The maximum Gasteiger partial charge on any atom is 0.161 e. The molecule has 0 saturated carbocycles. The van der Waals surface area contributed by atoms with Crippen LogP contribution in [0, 0.1) is 0 Å². The average molecular weight is 247 g/mol. The molecular formula is C13H17N3O2. The van der Waals surface area contributed by atoms with E-state index in [0.717, 1.165) is 11.3 Å². The van der Waals surface area contributed by atoms with Crippen LogP contribution in [0.25, 0.3) is 0 Å².